The monoisotopic (exact) mass is 347 g/mol. The van der Waals surface area contributed by atoms with E-state index in [1.54, 1.807) is 6.20 Å². The molecule has 0 bridgehead atoms. The van der Waals surface area contributed by atoms with E-state index in [2.05, 4.69) is 26.2 Å². The van der Waals surface area contributed by atoms with E-state index in [1.165, 1.54) is 0 Å². The molecule has 20 heavy (non-hydrogen) atoms. The fraction of sp³-hybridized carbons (Fsp3) is 0. The van der Waals surface area contributed by atoms with Gasteiger partial charge in [-0.2, -0.15) is 0 Å². The van der Waals surface area contributed by atoms with E-state index in [0.717, 1.165) is 26.8 Å². The second kappa shape index (κ2) is 5.31. The van der Waals surface area contributed by atoms with Crippen LogP contribution < -0.4 is 11.1 Å². The number of fused-ring (bicyclic) bond motifs is 1. The first kappa shape index (κ1) is 13.2. The van der Waals surface area contributed by atoms with Crippen LogP contribution in [0.5, 0.6) is 0 Å². The number of hydrogen-bond donors (Lipinski definition) is 2. The van der Waals surface area contributed by atoms with Crippen LogP contribution in [0, 0.1) is 0 Å². The summed E-state index contributed by atoms with van der Waals surface area (Å²) in [6, 6.07) is 13.4. The molecule has 0 atom stereocenters. The zero-order valence-electron chi connectivity index (χ0n) is 10.4. The van der Waals surface area contributed by atoms with Crippen molar-refractivity contribution in [3.8, 4) is 0 Å². The number of nitrogen functional groups attached to an aromatic ring is 1. The molecule has 3 rings (SSSR count). The number of halogens is 2. The molecule has 100 valence electrons. The number of rotatable bonds is 2. The molecule has 0 radical (unpaired) electrons. The number of hydrogen-bond acceptors (Lipinski definition) is 3. The molecule has 1 aromatic heterocycles. The van der Waals surface area contributed by atoms with Gasteiger partial charge in [0.2, 0.25) is 0 Å². The van der Waals surface area contributed by atoms with Crippen LogP contribution in [0.2, 0.25) is 5.02 Å². The van der Waals surface area contributed by atoms with Gasteiger partial charge in [-0.05, 0) is 40.2 Å². The highest BCUT2D eigenvalue weighted by molar-refractivity contribution is 9.10. The molecule has 2 aromatic carbocycles. The lowest BCUT2D eigenvalue weighted by Gasteiger charge is -2.13. The maximum atomic E-state index is 6.05. The molecule has 0 amide bonds. The highest BCUT2D eigenvalue weighted by Crippen LogP contribution is 2.34. The third-order valence-electron chi connectivity index (χ3n) is 3.00. The molecule has 1 heterocycles. The largest absolute Gasteiger partial charge is 0.396 e. The predicted molar refractivity (Wildman–Crippen MR) is 88.6 cm³/mol. The smallest absolute Gasteiger partial charge is 0.0746 e. The van der Waals surface area contributed by atoms with E-state index in [0.29, 0.717) is 10.7 Å². The number of nitrogens with zero attached hydrogens (tertiary/aromatic N) is 1. The van der Waals surface area contributed by atoms with E-state index >= 15 is 0 Å². The molecule has 3 nitrogen and oxygen atoms in total. The van der Waals surface area contributed by atoms with Crippen LogP contribution in [-0.4, -0.2) is 4.98 Å². The standard InChI is InChI=1S/C15H11BrClN3/c16-11-7-9(17)5-6-14(11)20-15-10-3-1-2-4-13(10)19-8-12(15)18/h1-8H,18H2,(H,19,20). The minimum absolute atomic E-state index is 0.602. The first-order valence-corrected chi connectivity index (χ1v) is 7.17. The SMILES string of the molecule is Nc1cnc2ccccc2c1Nc1ccc(Cl)cc1Br. The Labute approximate surface area is 129 Å². The van der Waals surface area contributed by atoms with Gasteiger partial charge in [0.1, 0.15) is 0 Å². The molecule has 0 spiro atoms. The summed E-state index contributed by atoms with van der Waals surface area (Å²) < 4.78 is 0.880. The lowest BCUT2D eigenvalue weighted by molar-refractivity contribution is 1.40. The van der Waals surface area contributed by atoms with Crippen molar-refractivity contribution in [2.24, 2.45) is 0 Å². The third-order valence-corrected chi connectivity index (χ3v) is 3.89. The number of aromatic nitrogens is 1. The number of pyridine rings is 1. The van der Waals surface area contributed by atoms with Crippen molar-refractivity contribution in [1.82, 2.24) is 4.98 Å². The molecule has 0 fully saturated rings. The van der Waals surface area contributed by atoms with Crippen LogP contribution in [-0.2, 0) is 0 Å². The first-order chi connectivity index (χ1) is 9.65. The summed E-state index contributed by atoms with van der Waals surface area (Å²) in [7, 11) is 0. The topological polar surface area (TPSA) is 50.9 Å². The van der Waals surface area contributed by atoms with Crippen LogP contribution >= 0.6 is 27.5 Å². The van der Waals surface area contributed by atoms with E-state index in [4.69, 9.17) is 17.3 Å². The van der Waals surface area contributed by atoms with E-state index in [1.807, 2.05) is 42.5 Å². The van der Waals surface area contributed by atoms with E-state index in [9.17, 15) is 0 Å². The Morgan fingerprint density at radius 2 is 1.95 bits per heavy atom. The fourth-order valence-corrected chi connectivity index (χ4v) is 2.80. The Balaban J connectivity index is 2.12. The summed E-state index contributed by atoms with van der Waals surface area (Å²) in [5.41, 5.74) is 9.29. The minimum atomic E-state index is 0.602. The van der Waals surface area contributed by atoms with Crippen molar-refractivity contribution in [2.45, 2.75) is 0 Å². The Morgan fingerprint density at radius 1 is 1.15 bits per heavy atom. The van der Waals surface area contributed by atoms with Gasteiger partial charge in [-0.1, -0.05) is 29.8 Å². The maximum Gasteiger partial charge on any atom is 0.0746 e. The quantitative estimate of drug-likeness (QED) is 0.687. The average molecular weight is 349 g/mol. The average Bonchev–Trinajstić information content (AvgIpc) is 2.44. The Morgan fingerprint density at radius 3 is 2.75 bits per heavy atom. The number of nitrogens with two attached hydrogens (primary N) is 1. The molecule has 0 aliphatic rings. The second-order valence-electron chi connectivity index (χ2n) is 4.35. The molecule has 0 saturated carbocycles. The summed E-state index contributed by atoms with van der Waals surface area (Å²) in [6.07, 6.45) is 1.66. The molecule has 0 saturated heterocycles. The molecule has 0 aliphatic carbocycles. The number of para-hydroxylation sites is 1. The van der Waals surface area contributed by atoms with Crippen LogP contribution in [0.3, 0.4) is 0 Å². The summed E-state index contributed by atoms with van der Waals surface area (Å²) in [5.74, 6) is 0. The summed E-state index contributed by atoms with van der Waals surface area (Å²) in [4.78, 5) is 4.32. The Hall–Kier alpha value is -1.78. The highest BCUT2D eigenvalue weighted by atomic mass is 79.9. The number of nitrogens with one attached hydrogen (secondary N) is 1. The van der Waals surface area contributed by atoms with Gasteiger partial charge >= 0.3 is 0 Å². The molecule has 0 aliphatic heterocycles. The molecule has 3 N–H and O–H groups in total. The molecule has 3 aromatic rings. The normalized spacial score (nSPS) is 10.7. The Bertz CT molecular complexity index is 789. The number of anilines is 3. The van der Waals surface area contributed by atoms with Crippen molar-refractivity contribution in [3.05, 3.63) is 58.2 Å². The zero-order chi connectivity index (χ0) is 14.1. The predicted octanol–water partition coefficient (Wildman–Crippen LogP) is 4.98. The molecular weight excluding hydrogens is 338 g/mol. The van der Waals surface area contributed by atoms with Gasteiger partial charge in [0.15, 0.2) is 0 Å². The van der Waals surface area contributed by atoms with Crippen LogP contribution in [0.25, 0.3) is 10.9 Å². The lowest BCUT2D eigenvalue weighted by atomic mass is 10.1. The van der Waals surface area contributed by atoms with Crippen LogP contribution in [0.4, 0.5) is 17.1 Å². The van der Waals surface area contributed by atoms with Crippen LogP contribution in [0.15, 0.2) is 53.1 Å². The van der Waals surface area contributed by atoms with Crippen molar-refractivity contribution < 1.29 is 0 Å². The second-order valence-corrected chi connectivity index (χ2v) is 5.65. The van der Waals surface area contributed by atoms with Crippen molar-refractivity contribution >= 4 is 55.5 Å². The zero-order valence-corrected chi connectivity index (χ0v) is 12.7. The van der Waals surface area contributed by atoms with Crippen LogP contribution in [0.1, 0.15) is 0 Å². The summed E-state index contributed by atoms with van der Waals surface area (Å²) in [5, 5.41) is 5.00. The van der Waals surface area contributed by atoms with Gasteiger partial charge in [-0.15, -0.1) is 0 Å². The maximum absolute atomic E-state index is 6.05. The van der Waals surface area contributed by atoms with Gasteiger partial charge < -0.3 is 11.1 Å². The van der Waals surface area contributed by atoms with Gasteiger partial charge in [0.05, 0.1) is 28.8 Å². The minimum Gasteiger partial charge on any atom is -0.396 e. The molecular formula is C15H11BrClN3. The van der Waals surface area contributed by atoms with Crippen molar-refractivity contribution in [2.75, 3.05) is 11.1 Å². The Kier molecular flexibility index (Phi) is 3.51. The fourth-order valence-electron chi connectivity index (χ4n) is 2.02. The third kappa shape index (κ3) is 2.44. The first-order valence-electron chi connectivity index (χ1n) is 6.00. The number of benzene rings is 2. The summed E-state index contributed by atoms with van der Waals surface area (Å²) >= 11 is 9.44. The van der Waals surface area contributed by atoms with Gasteiger partial charge in [0.25, 0.3) is 0 Å². The van der Waals surface area contributed by atoms with Gasteiger partial charge in [0, 0.05) is 14.9 Å². The lowest BCUT2D eigenvalue weighted by Crippen LogP contribution is -1.99. The summed E-state index contributed by atoms with van der Waals surface area (Å²) in [6.45, 7) is 0. The molecule has 5 heteroatoms. The van der Waals surface area contributed by atoms with Crippen molar-refractivity contribution in [1.29, 1.82) is 0 Å². The highest BCUT2D eigenvalue weighted by Gasteiger charge is 2.08. The van der Waals surface area contributed by atoms with Gasteiger partial charge in [-0.3, -0.25) is 4.98 Å². The van der Waals surface area contributed by atoms with Crippen molar-refractivity contribution in [3.63, 3.8) is 0 Å². The van der Waals surface area contributed by atoms with E-state index in [-0.39, 0.29) is 0 Å². The van der Waals surface area contributed by atoms with E-state index < -0.39 is 0 Å². The molecule has 0 unspecified atom stereocenters. The van der Waals surface area contributed by atoms with Gasteiger partial charge in [-0.25, -0.2) is 0 Å².